The predicted molar refractivity (Wildman–Crippen MR) is 56.8 cm³/mol. The minimum atomic E-state index is 0.694. The summed E-state index contributed by atoms with van der Waals surface area (Å²) in [4.78, 5) is 0. The molecule has 0 amide bonds. The van der Waals surface area contributed by atoms with Gasteiger partial charge < -0.3 is 4.74 Å². The summed E-state index contributed by atoms with van der Waals surface area (Å²) in [7, 11) is 1.63. The average molecular weight is 183 g/mol. The van der Waals surface area contributed by atoms with Crippen LogP contribution in [0, 0.1) is 29.7 Å². The van der Waals surface area contributed by atoms with Crippen molar-refractivity contribution in [3.63, 3.8) is 0 Å². The first kappa shape index (κ1) is 10.2. The number of ether oxygens (including phenoxy) is 1. The summed E-state index contributed by atoms with van der Waals surface area (Å²) in [5.41, 5.74) is 1.12. The number of hydrogen-bond acceptors (Lipinski definition) is 1. The van der Waals surface area contributed by atoms with E-state index in [1.165, 1.54) is 0 Å². The molecule has 0 spiro atoms. The quantitative estimate of drug-likeness (QED) is 0.638. The molecule has 0 aliphatic carbocycles. The fourth-order valence-corrected chi connectivity index (χ4v) is 0.970. The molecule has 0 saturated carbocycles. The third kappa shape index (κ3) is 3.25. The average Bonchev–Trinajstić information content (AvgIpc) is 2.25. The molecule has 69 valence electrons. The molecule has 0 atom stereocenters. The summed E-state index contributed by atoms with van der Waals surface area (Å²) in [5, 5.41) is 0. The van der Waals surface area contributed by atoms with E-state index in [1.54, 1.807) is 14.0 Å². The molecular formula is C13H11O. The van der Waals surface area contributed by atoms with Gasteiger partial charge in [-0.15, -0.1) is 0 Å². The van der Waals surface area contributed by atoms with Crippen LogP contribution in [0.1, 0.15) is 12.5 Å². The molecule has 0 N–H and O–H groups in total. The predicted octanol–water partition coefficient (Wildman–Crippen LogP) is 2.06. The molecule has 0 aliphatic heterocycles. The van der Waals surface area contributed by atoms with E-state index in [0.29, 0.717) is 6.42 Å². The maximum Gasteiger partial charge on any atom is 0.127 e. The van der Waals surface area contributed by atoms with Crippen molar-refractivity contribution in [3.8, 4) is 29.4 Å². The van der Waals surface area contributed by atoms with Gasteiger partial charge in [-0.25, -0.2) is 0 Å². The monoisotopic (exact) mass is 183 g/mol. The largest absolute Gasteiger partial charge is 0.496 e. The van der Waals surface area contributed by atoms with Crippen molar-refractivity contribution < 1.29 is 4.74 Å². The van der Waals surface area contributed by atoms with E-state index in [2.05, 4.69) is 29.7 Å². The van der Waals surface area contributed by atoms with Crippen LogP contribution in [0.15, 0.2) is 18.2 Å². The van der Waals surface area contributed by atoms with Crippen LogP contribution in [0.25, 0.3) is 0 Å². The van der Waals surface area contributed by atoms with Gasteiger partial charge in [0.25, 0.3) is 0 Å². The minimum Gasteiger partial charge on any atom is -0.496 e. The highest BCUT2D eigenvalue weighted by Gasteiger charge is 1.92. The molecule has 0 unspecified atom stereocenters. The number of hydrogen-bond donors (Lipinski definition) is 0. The Morgan fingerprint density at radius 2 is 2.29 bits per heavy atom. The van der Waals surface area contributed by atoms with Crippen LogP contribution < -0.4 is 4.74 Å². The fraction of sp³-hybridized carbons (Fsp3) is 0.231. The molecule has 0 fully saturated rings. The van der Waals surface area contributed by atoms with E-state index in [1.807, 2.05) is 18.2 Å². The van der Waals surface area contributed by atoms with Crippen molar-refractivity contribution in [1.82, 2.24) is 0 Å². The molecule has 1 aromatic rings. The number of methoxy groups -OCH3 is 1. The van der Waals surface area contributed by atoms with Crippen molar-refractivity contribution in [2.75, 3.05) is 7.11 Å². The molecule has 1 heteroatoms. The summed E-state index contributed by atoms with van der Waals surface area (Å²) in [6.07, 6.45) is 0.694. The van der Waals surface area contributed by atoms with Gasteiger partial charge in [0.1, 0.15) is 5.75 Å². The van der Waals surface area contributed by atoms with Crippen molar-refractivity contribution >= 4 is 0 Å². The van der Waals surface area contributed by atoms with Crippen molar-refractivity contribution in [2.45, 2.75) is 13.3 Å². The molecular weight excluding hydrogens is 172 g/mol. The van der Waals surface area contributed by atoms with Gasteiger partial charge in [0, 0.05) is 12.5 Å². The Balaban J connectivity index is 2.67. The lowest BCUT2D eigenvalue weighted by Crippen LogP contribution is -1.86. The topological polar surface area (TPSA) is 9.23 Å². The van der Waals surface area contributed by atoms with Crippen LogP contribution in [0.4, 0.5) is 0 Å². The van der Waals surface area contributed by atoms with Crippen molar-refractivity contribution in [3.05, 3.63) is 29.8 Å². The highest BCUT2D eigenvalue weighted by Crippen LogP contribution is 2.11. The smallest absolute Gasteiger partial charge is 0.127 e. The Hall–Kier alpha value is -1.86. The van der Waals surface area contributed by atoms with Crippen LogP contribution in [0.2, 0.25) is 0 Å². The molecule has 14 heavy (non-hydrogen) atoms. The van der Waals surface area contributed by atoms with Gasteiger partial charge in [0.15, 0.2) is 0 Å². The normalized spacial score (nSPS) is 7.86. The van der Waals surface area contributed by atoms with Crippen molar-refractivity contribution in [1.29, 1.82) is 0 Å². The summed E-state index contributed by atoms with van der Waals surface area (Å²) < 4.78 is 5.05. The lowest BCUT2D eigenvalue weighted by molar-refractivity contribution is 0.413. The molecule has 0 aliphatic rings. The van der Waals surface area contributed by atoms with Crippen LogP contribution in [-0.4, -0.2) is 7.11 Å². The third-order valence-electron chi connectivity index (χ3n) is 1.63. The van der Waals surface area contributed by atoms with E-state index < -0.39 is 0 Å². The second-order valence-electron chi connectivity index (χ2n) is 2.62. The van der Waals surface area contributed by atoms with E-state index in [0.717, 1.165) is 11.3 Å². The van der Waals surface area contributed by atoms with Crippen LogP contribution >= 0.6 is 0 Å². The summed E-state index contributed by atoms with van der Waals surface area (Å²) in [5.74, 6) is 11.9. The fourth-order valence-electron chi connectivity index (χ4n) is 0.970. The third-order valence-corrected chi connectivity index (χ3v) is 1.63. The molecule has 0 aromatic heterocycles. The van der Waals surface area contributed by atoms with Gasteiger partial charge in [-0.05, 0) is 30.4 Å². The van der Waals surface area contributed by atoms with E-state index in [-0.39, 0.29) is 0 Å². The SMILES string of the molecule is CC#CC#CCc1cc[c]c(OC)c1. The zero-order valence-electron chi connectivity index (χ0n) is 8.35. The Bertz CT molecular complexity index is 410. The molecule has 1 radical (unpaired) electrons. The first-order valence-corrected chi connectivity index (χ1v) is 4.31. The second-order valence-corrected chi connectivity index (χ2v) is 2.62. The first-order valence-electron chi connectivity index (χ1n) is 4.31. The molecule has 0 heterocycles. The standard InChI is InChI=1S/C13H11O/c1-3-4-5-6-8-12-9-7-10-13(11-12)14-2/h7,9,11H,8H2,1-2H3. The van der Waals surface area contributed by atoms with E-state index in [4.69, 9.17) is 4.74 Å². The zero-order valence-corrected chi connectivity index (χ0v) is 8.35. The Kier molecular flexibility index (Phi) is 4.18. The van der Waals surface area contributed by atoms with Gasteiger partial charge in [0.2, 0.25) is 0 Å². The maximum atomic E-state index is 5.05. The summed E-state index contributed by atoms with van der Waals surface area (Å²) in [6.45, 7) is 1.77. The molecule has 0 saturated heterocycles. The minimum absolute atomic E-state index is 0.694. The second kappa shape index (κ2) is 5.73. The lowest BCUT2D eigenvalue weighted by Gasteiger charge is -1.99. The van der Waals surface area contributed by atoms with E-state index in [9.17, 15) is 0 Å². The lowest BCUT2D eigenvalue weighted by atomic mass is 10.1. The number of rotatable bonds is 2. The summed E-state index contributed by atoms with van der Waals surface area (Å²) in [6, 6.07) is 8.69. The van der Waals surface area contributed by atoms with E-state index >= 15 is 0 Å². The van der Waals surface area contributed by atoms with Gasteiger partial charge in [0.05, 0.1) is 7.11 Å². The Labute approximate surface area is 85.1 Å². The molecule has 1 nitrogen and oxygen atoms in total. The molecule has 1 aromatic carbocycles. The zero-order chi connectivity index (χ0) is 10.2. The van der Waals surface area contributed by atoms with Gasteiger partial charge in [-0.2, -0.15) is 0 Å². The van der Waals surface area contributed by atoms with Crippen LogP contribution in [0.3, 0.4) is 0 Å². The van der Waals surface area contributed by atoms with Crippen LogP contribution in [0.5, 0.6) is 5.75 Å². The molecule has 0 bridgehead atoms. The highest BCUT2D eigenvalue weighted by atomic mass is 16.5. The van der Waals surface area contributed by atoms with Crippen LogP contribution in [-0.2, 0) is 6.42 Å². The summed E-state index contributed by atoms with van der Waals surface area (Å²) >= 11 is 0. The van der Waals surface area contributed by atoms with Crippen molar-refractivity contribution in [2.24, 2.45) is 0 Å². The number of benzene rings is 1. The van der Waals surface area contributed by atoms with Gasteiger partial charge in [-0.1, -0.05) is 24.0 Å². The molecule has 1 rings (SSSR count). The Morgan fingerprint density at radius 3 is 3.00 bits per heavy atom. The highest BCUT2D eigenvalue weighted by molar-refractivity contribution is 5.32. The first-order chi connectivity index (χ1) is 6.86. The maximum absolute atomic E-state index is 5.05. The van der Waals surface area contributed by atoms with Gasteiger partial charge in [-0.3, -0.25) is 0 Å². The van der Waals surface area contributed by atoms with Gasteiger partial charge >= 0.3 is 0 Å². The Morgan fingerprint density at radius 1 is 1.43 bits per heavy atom.